The van der Waals surface area contributed by atoms with Crippen LogP contribution in [0, 0.1) is 20.8 Å². The van der Waals surface area contributed by atoms with E-state index in [4.69, 9.17) is 10.1 Å². The highest BCUT2D eigenvalue weighted by Crippen LogP contribution is 2.25. The molecule has 41 heavy (non-hydrogen) atoms. The Balaban J connectivity index is 1.34. The molecule has 6 aromatic rings. The van der Waals surface area contributed by atoms with Crippen LogP contribution in [0.4, 0.5) is 0 Å². The van der Waals surface area contributed by atoms with Gasteiger partial charge >= 0.3 is 0 Å². The first kappa shape index (κ1) is 26.4. The highest BCUT2D eigenvalue weighted by molar-refractivity contribution is 7.15. The van der Waals surface area contributed by atoms with Gasteiger partial charge in [0.2, 0.25) is 5.91 Å². The molecule has 1 amide bonds. The van der Waals surface area contributed by atoms with E-state index in [0.29, 0.717) is 27.6 Å². The van der Waals surface area contributed by atoms with E-state index in [0.717, 1.165) is 28.1 Å². The average Bonchev–Trinajstić information content (AvgIpc) is 3.56. The van der Waals surface area contributed by atoms with Crippen LogP contribution in [0.1, 0.15) is 39.8 Å². The highest BCUT2D eigenvalue weighted by Gasteiger charge is 2.22. The van der Waals surface area contributed by atoms with Gasteiger partial charge in [-0.15, -0.1) is 11.3 Å². The summed E-state index contributed by atoms with van der Waals surface area (Å²) >= 11 is 1.35. The second-order valence-electron chi connectivity index (χ2n) is 10.1. The Labute approximate surface area is 241 Å². The number of aryl methyl sites for hydroxylation is 3. The van der Waals surface area contributed by atoms with Crippen molar-refractivity contribution < 1.29 is 4.79 Å². The van der Waals surface area contributed by atoms with Gasteiger partial charge in [0.1, 0.15) is 5.69 Å². The third-order valence-corrected chi connectivity index (χ3v) is 8.03. The summed E-state index contributed by atoms with van der Waals surface area (Å²) in [5.74, 6) is -0.184. The van der Waals surface area contributed by atoms with Gasteiger partial charge in [0.05, 0.1) is 29.4 Å². The predicted molar refractivity (Wildman–Crippen MR) is 163 cm³/mol. The molecule has 0 aliphatic rings. The third kappa shape index (κ3) is 5.21. The monoisotopic (exact) mass is 559 g/mol. The van der Waals surface area contributed by atoms with Crippen molar-refractivity contribution in [1.29, 1.82) is 0 Å². The number of benzene rings is 3. The number of aromatic nitrogens is 4. The quantitative estimate of drug-likeness (QED) is 0.261. The average molecular weight is 560 g/mol. The number of carbonyl (C=O) groups is 1. The summed E-state index contributed by atoms with van der Waals surface area (Å²) in [7, 11) is 0. The summed E-state index contributed by atoms with van der Waals surface area (Å²) < 4.78 is 3.38. The normalized spacial score (nSPS) is 11.3. The molecule has 7 nitrogen and oxygen atoms in total. The molecule has 8 heteroatoms. The number of fused-ring (bicyclic) bond motifs is 1. The maximum atomic E-state index is 13.9. The fourth-order valence-corrected chi connectivity index (χ4v) is 6.02. The van der Waals surface area contributed by atoms with Gasteiger partial charge in [-0.05, 0) is 50.1 Å². The Morgan fingerprint density at radius 2 is 1.54 bits per heavy atom. The molecule has 0 bridgehead atoms. The summed E-state index contributed by atoms with van der Waals surface area (Å²) in [5.41, 5.74) is 6.92. The van der Waals surface area contributed by atoms with E-state index in [1.807, 2.05) is 122 Å². The number of thiazole rings is 1. The van der Waals surface area contributed by atoms with Crippen LogP contribution < -0.4 is 10.9 Å². The van der Waals surface area contributed by atoms with Crippen LogP contribution in [0.2, 0.25) is 0 Å². The molecule has 0 fully saturated rings. The molecular formula is C33H29N5O2S. The van der Waals surface area contributed by atoms with Gasteiger partial charge in [-0.1, -0.05) is 78.4 Å². The minimum atomic E-state index is -0.309. The molecule has 6 rings (SSSR count). The van der Waals surface area contributed by atoms with Crippen molar-refractivity contribution in [3.63, 3.8) is 0 Å². The van der Waals surface area contributed by atoms with E-state index in [1.54, 1.807) is 4.40 Å². The maximum Gasteiger partial charge on any atom is 0.268 e. The summed E-state index contributed by atoms with van der Waals surface area (Å²) in [6, 6.07) is 29.4. The smallest absolute Gasteiger partial charge is 0.268 e. The van der Waals surface area contributed by atoms with Gasteiger partial charge in [-0.3, -0.25) is 14.0 Å². The number of hydrogen-bond donors (Lipinski definition) is 1. The Hall–Kier alpha value is -4.82. The molecule has 0 aliphatic carbocycles. The summed E-state index contributed by atoms with van der Waals surface area (Å²) in [6.45, 7) is 5.83. The first-order valence-corrected chi connectivity index (χ1v) is 14.3. The van der Waals surface area contributed by atoms with E-state index >= 15 is 0 Å². The zero-order valence-electron chi connectivity index (χ0n) is 23.0. The van der Waals surface area contributed by atoms with Crippen LogP contribution in [0.3, 0.4) is 0 Å². The lowest BCUT2D eigenvalue weighted by Crippen LogP contribution is -2.31. The van der Waals surface area contributed by atoms with Gasteiger partial charge < -0.3 is 5.32 Å². The molecule has 3 heterocycles. The number of hydrogen-bond acceptors (Lipinski definition) is 5. The molecule has 0 atom stereocenters. The summed E-state index contributed by atoms with van der Waals surface area (Å²) in [5, 5.41) is 9.79. The second kappa shape index (κ2) is 11.0. The van der Waals surface area contributed by atoms with Crippen LogP contribution in [0.25, 0.3) is 21.9 Å². The minimum Gasteiger partial charge on any atom is -0.345 e. The molecule has 0 aliphatic heterocycles. The highest BCUT2D eigenvalue weighted by atomic mass is 32.1. The van der Waals surface area contributed by atoms with E-state index in [-0.39, 0.29) is 23.9 Å². The predicted octanol–water partition coefficient (Wildman–Crippen LogP) is 5.98. The number of nitrogens with zero attached hydrogens (tertiary/aromatic N) is 4. The molecule has 0 radical (unpaired) electrons. The van der Waals surface area contributed by atoms with E-state index in [1.165, 1.54) is 11.3 Å². The molecule has 0 saturated heterocycles. The molecule has 1 N–H and O–H groups in total. The zero-order chi connectivity index (χ0) is 28.5. The molecule has 204 valence electrons. The number of rotatable bonds is 7. The fraction of sp³-hybridized carbons (Fsp3) is 0.152. The molecule has 0 unspecified atom stereocenters. The number of amides is 1. The molecule has 0 spiro atoms. The molecular weight excluding hydrogens is 530 g/mol. The first-order chi connectivity index (χ1) is 19.9. The Morgan fingerprint density at radius 3 is 2.17 bits per heavy atom. The fourth-order valence-electron chi connectivity index (χ4n) is 5.09. The van der Waals surface area contributed by atoms with Crippen LogP contribution in [-0.2, 0) is 11.2 Å². The van der Waals surface area contributed by atoms with Crippen molar-refractivity contribution in [2.75, 3.05) is 0 Å². The van der Waals surface area contributed by atoms with Crippen molar-refractivity contribution in [3.8, 4) is 16.9 Å². The van der Waals surface area contributed by atoms with Crippen molar-refractivity contribution in [3.05, 3.63) is 141 Å². The van der Waals surface area contributed by atoms with Crippen LogP contribution in [-0.4, -0.2) is 25.1 Å². The standard InChI is InChI=1S/C33H29N5O2S/c1-21-14-16-26(17-15-21)38-22(2)18-28(36-38)30-23(3)34-33-37(32(30)40)27(20-41-33)19-29(39)35-31(24-10-6-4-7-11-24)25-12-8-5-9-13-25/h4-18,20,31H,19H2,1-3H3,(H,35,39). The SMILES string of the molecule is Cc1ccc(-n2nc(-c3c(C)nc4scc(CC(=O)NC(c5ccccc5)c5ccccc5)n4c3=O)cc2C)cc1. The van der Waals surface area contributed by atoms with E-state index in [2.05, 4.69) is 5.32 Å². The first-order valence-electron chi connectivity index (χ1n) is 13.4. The topological polar surface area (TPSA) is 81.3 Å². The van der Waals surface area contributed by atoms with Gasteiger partial charge in [0.15, 0.2) is 4.96 Å². The number of nitrogens with one attached hydrogen (secondary N) is 1. The number of carbonyl (C=O) groups excluding carboxylic acids is 1. The van der Waals surface area contributed by atoms with Gasteiger partial charge in [-0.25, -0.2) is 9.67 Å². The van der Waals surface area contributed by atoms with Crippen molar-refractivity contribution >= 4 is 22.2 Å². The Bertz CT molecular complexity index is 1870. The molecule has 3 aromatic carbocycles. The lowest BCUT2D eigenvalue weighted by molar-refractivity contribution is -0.121. The Kier molecular flexibility index (Phi) is 7.07. The Morgan fingerprint density at radius 1 is 0.902 bits per heavy atom. The van der Waals surface area contributed by atoms with Crippen molar-refractivity contribution in [2.24, 2.45) is 0 Å². The zero-order valence-corrected chi connectivity index (χ0v) is 23.9. The second-order valence-corrected chi connectivity index (χ2v) is 11.0. The maximum absolute atomic E-state index is 13.9. The van der Waals surface area contributed by atoms with Gasteiger partial charge in [0, 0.05) is 16.8 Å². The lowest BCUT2D eigenvalue weighted by atomic mass is 9.98. The van der Waals surface area contributed by atoms with E-state index in [9.17, 15) is 9.59 Å². The van der Waals surface area contributed by atoms with Gasteiger partial charge in [0.25, 0.3) is 5.56 Å². The van der Waals surface area contributed by atoms with Crippen molar-refractivity contribution in [1.82, 2.24) is 24.5 Å². The summed E-state index contributed by atoms with van der Waals surface area (Å²) in [6.07, 6.45) is 0.0388. The largest absolute Gasteiger partial charge is 0.345 e. The third-order valence-electron chi connectivity index (χ3n) is 7.16. The molecule has 3 aromatic heterocycles. The molecule has 0 saturated carbocycles. The van der Waals surface area contributed by atoms with Crippen molar-refractivity contribution in [2.45, 2.75) is 33.2 Å². The minimum absolute atomic E-state index is 0.0388. The van der Waals surface area contributed by atoms with E-state index < -0.39 is 0 Å². The van der Waals surface area contributed by atoms with Gasteiger partial charge in [-0.2, -0.15) is 5.10 Å². The van der Waals surface area contributed by atoms with Crippen LogP contribution in [0.5, 0.6) is 0 Å². The lowest BCUT2D eigenvalue weighted by Gasteiger charge is -2.20. The van der Waals surface area contributed by atoms with Crippen LogP contribution >= 0.6 is 11.3 Å². The summed E-state index contributed by atoms with van der Waals surface area (Å²) in [4.78, 5) is 32.6. The van der Waals surface area contributed by atoms with Crippen LogP contribution in [0.15, 0.2) is 101 Å².